The van der Waals surface area contributed by atoms with Crippen molar-refractivity contribution < 1.29 is 9.44 Å². The Hall–Kier alpha value is -0.870. The van der Waals surface area contributed by atoms with Crippen LogP contribution in [-0.4, -0.2) is 47.2 Å². The summed E-state index contributed by atoms with van der Waals surface area (Å²) >= 11 is 0. The Balaban J connectivity index is 1.73. The molecule has 0 spiro atoms. The largest absolute Gasteiger partial charge is 0.633 e. The van der Waals surface area contributed by atoms with Crippen LogP contribution in [0, 0.1) is 17.0 Å². The van der Waals surface area contributed by atoms with Crippen LogP contribution in [0.15, 0.2) is 12.2 Å². The Morgan fingerprint density at radius 3 is 2.89 bits per heavy atom. The van der Waals surface area contributed by atoms with Gasteiger partial charge in [0.25, 0.3) is 0 Å². The van der Waals surface area contributed by atoms with Crippen LogP contribution in [0.25, 0.3) is 0 Å². The summed E-state index contributed by atoms with van der Waals surface area (Å²) < 4.78 is 0.0434. The van der Waals surface area contributed by atoms with Crippen LogP contribution < -0.4 is 0 Å². The molecule has 0 aromatic heterocycles. The molecule has 3 saturated heterocycles. The van der Waals surface area contributed by atoms with Crippen LogP contribution >= 0.6 is 0 Å². The highest BCUT2D eigenvalue weighted by molar-refractivity contribution is 5.79. The number of carbonyl (C=O) groups is 1. The molecule has 3 fully saturated rings. The molecule has 4 heteroatoms. The Morgan fingerprint density at radius 1 is 1.26 bits per heavy atom. The van der Waals surface area contributed by atoms with E-state index in [2.05, 4.69) is 11.0 Å². The first-order valence-corrected chi connectivity index (χ1v) is 7.73. The highest BCUT2D eigenvalue weighted by atomic mass is 16.5. The first-order valence-electron chi connectivity index (χ1n) is 7.73. The lowest BCUT2D eigenvalue weighted by atomic mass is 9.69. The van der Waals surface area contributed by atoms with E-state index in [1.807, 2.05) is 6.08 Å². The first-order chi connectivity index (χ1) is 9.19. The summed E-state index contributed by atoms with van der Waals surface area (Å²) in [6.45, 7) is 2.45. The second-order valence-electron chi connectivity index (χ2n) is 6.77. The molecule has 0 aliphatic carbocycles. The predicted molar refractivity (Wildman–Crippen MR) is 71.9 cm³/mol. The molecule has 1 amide bonds. The maximum absolute atomic E-state index is 13.1. The normalized spacial score (nSPS) is 48.7. The summed E-state index contributed by atoms with van der Waals surface area (Å²) in [5.41, 5.74) is 0. The zero-order valence-corrected chi connectivity index (χ0v) is 11.3. The summed E-state index contributed by atoms with van der Waals surface area (Å²) in [6.07, 6.45) is 9.11. The molecule has 0 saturated carbocycles. The average molecular weight is 262 g/mol. The highest BCUT2D eigenvalue weighted by Gasteiger charge is 2.54. The van der Waals surface area contributed by atoms with Gasteiger partial charge in [0.05, 0.1) is 25.2 Å². The van der Waals surface area contributed by atoms with Gasteiger partial charge >= 0.3 is 0 Å². The van der Waals surface area contributed by atoms with Crippen LogP contribution in [0.1, 0.15) is 32.1 Å². The van der Waals surface area contributed by atoms with E-state index in [0.29, 0.717) is 18.3 Å². The van der Waals surface area contributed by atoms with Crippen molar-refractivity contribution in [1.82, 2.24) is 4.90 Å². The molecule has 0 bridgehead atoms. The van der Waals surface area contributed by atoms with Crippen molar-refractivity contribution in [3.8, 4) is 0 Å². The summed E-state index contributed by atoms with van der Waals surface area (Å²) in [5, 5.41) is 13.1. The van der Waals surface area contributed by atoms with Gasteiger partial charge in [-0.25, -0.2) is 0 Å². The van der Waals surface area contributed by atoms with Gasteiger partial charge in [0.15, 0.2) is 0 Å². The number of amides is 1. The van der Waals surface area contributed by atoms with Gasteiger partial charge < -0.3 is 14.8 Å². The van der Waals surface area contributed by atoms with Crippen molar-refractivity contribution in [3.05, 3.63) is 17.4 Å². The second-order valence-corrected chi connectivity index (χ2v) is 6.77. The molecule has 0 aromatic rings. The van der Waals surface area contributed by atoms with Gasteiger partial charge in [0, 0.05) is 24.8 Å². The molecule has 4 aliphatic heterocycles. The molecule has 4 rings (SSSR count). The topological polar surface area (TPSA) is 43.4 Å². The molecule has 104 valence electrons. The summed E-state index contributed by atoms with van der Waals surface area (Å²) in [4.78, 5) is 14.2. The predicted octanol–water partition coefficient (Wildman–Crippen LogP) is 1.66. The molecule has 0 radical (unpaired) electrons. The molecule has 5 atom stereocenters. The quantitative estimate of drug-likeness (QED) is 0.378. The Morgan fingerprint density at radius 2 is 2.05 bits per heavy atom. The maximum atomic E-state index is 13.1. The lowest BCUT2D eigenvalue weighted by Gasteiger charge is -2.64. The van der Waals surface area contributed by atoms with Gasteiger partial charge in [-0.15, -0.1) is 0 Å². The van der Waals surface area contributed by atoms with E-state index in [1.54, 1.807) is 0 Å². The first kappa shape index (κ1) is 11.9. The number of quaternary nitrogens is 1. The second kappa shape index (κ2) is 4.06. The van der Waals surface area contributed by atoms with Crippen LogP contribution in [-0.2, 0) is 4.79 Å². The van der Waals surface area contributed by atoms with Crippen molar-refractivity contribution in [3.63, 3.8) is 0 Å². The van der Waals surface area contributed by atoms with Gasteiger partial charge in [0.2, 0.25) is 5.91 Å². The Kier molecular flexibility index (Phi) is 2.55. The van der Waals surface area contributed by atoms with E-state index in [9.17, 15) is 10.0 Å². The van der Waals surface area contributed by atoms with Crippen LogP contribution in [0.5, 0.6) is 0 Å². The van der Waals surface area contributed by atoms with E-state index in [-0.39, 0.29) is 22.6 Å². The van der Waals surface area contributed by atoms with Gasteiger partial charge in [-0.05, 0) is 25.7 Å². The molecule has 4 heterocycles. The lowest BCUT2D eigenvalue weighted by molar-refractivity contribution is -0.925. The zero-order chi connectivity index (χ0) is 13.0. The van der Waals surface area contributed by atoms with Crippen LogP contribution in [0.4, 0.5) is 0 Å². The summed E-state index contributed by atoms with van der Waals surface area (Å²) in [7, 11) is 0. The fraction of sp³-hybridized carbons (Fsp3) is 0.800. The Labute approximate surface area is 114 Å². The van der Waals surface area contributed by atoms with Crippen LogP contribution in [0.3, 0.4) is 0 Å². The fourth-order valence-electron chi connectivity index (χ4n) is 5.17. The number of carbonyl (C=O) groups excluding carboxylic acids is 1. The SMILES string of the molecule is O=C1CC=C[C@@H]2[C@H]3CCC[N@@+]4([O-])CCC[C@@H](CN12)[C@@H]34. The number of hydrogen-bond acceptors (Lipinski definition) is 2. The minimum Gasteiger partial charge on any atom is -0.633 e. The van der Waals surface area contributed by atoms with Crippen molar-refractivity contribution >= 4 is 5.91 Å². The highest BCUT2D eigenvalue weighted by Crippen LogP contribution is 2.46. The monoisotopic (exact) mass is 262 g/mol. The van der Waals surface area contributed by atoms with E-state index in [0.717, 1.165) is 45.3 Å². The minimum absolute atomic E-state index is 0.0434. The molecule has 0 N–H and O–H groups in total. The van der Waals surface area contributed by atoms with Crippen molar-refractivity contribution in [2.75, 3.05) is 19.6 Å². The number of piperidine rings is 3. The number of hydroxylamine groups is 3. The number of hydrogen-bond donors (Lipinski definition) is 0. The molecule has 0 aromatic carbocycles. The van der Waals surface area contributed by atoms with Crippen molar-refractivity contribution in [2.24, 2.45) is 11.8 Å². The zero-order valence-electron chi connectivity index (χ0n) is 11.3. The third-order valence-electron chi connectivity index (χ3n) is 5.83. The third kappa shape index (κ3) is 1.62. The third-order valence-corrected chi connectivity index (χ3v) is 5.83. The average Bonchev–Trinajstić information content (AvgIpc) is 2.40. The molecule has 4 aliphatic rings. The fourth-order valence-corrected chi connectivity index (χ4v) is 5.17. The number of rotatable bonds is 0. The minimum atomic E-state index is 0.0434. The molecule has 4 nitrogen and oxygen atoms in total. The van der Waals surface area contributed by atoms with Gasteiger partial charge in [-0.3, -0.25) is 4.79 Å². The summed E-state index contributed by atoms with van der Waals surface area (Å²) in [6, 6.07) is 0.478. The number of fused-ring (bicyclic) bond motifs is 2. The Bertz CT molecular complexity index is 432. The van der Waals surface area contributed by atoms with E-state index >= 15 is 0 Å². The smallest absolute Gasteiger partial charge is 0.226 e. The van der Waals surface area contributed by atoms with Gasteiger partial charge in [-0.2, -0.15) is 0 Å². The van der Waals surface area contributed by atoms with Crippen molar-refractivity contribution in [2.45, 2.75) is 44.2 Å². The molecular weight excluding hydrogens is 240 g/mol. The van der Waals surface area contributed by atoms with E-state index in [4.69, 9.17) is 0 Å². The molecular formula is C15H22N2O2. The number of nitrogens with zero attached hydrogens (tertiary/aromatic N) is 2. The van der Waals surface area contributed by atoms with E-state index in [1.165, 1.54) is 0 Å². The molecule has 19 heavy (non-hydrogen) atoms. The van der Waals surface area contributed by atoms with E-state index < -0.39 is 0 Å². The standard InChI is InChI=1S/C15H22N2O2/c18-14-7-1-6-13-12-5-3-9-17(19)8-2-4-11(15(12)17)10-16(13)14/h1,6,11-13,15H,2-5,7-10H2/t11-,12+,13+,15-,17-/m0/s1. The van der Waals surface area contributed by atoms with Gasteiger partial charge in [-0.1, -0.05) is 12.2 Å². The lowest BCUT2D eigenvalue weighted by Crippen LogP contribution is -2.71. The van der Waals surface area contributed by atoms with Crippen LogP contribution in [0.2, 0.25) is 0 Å². The summed E-state index contributed by atoms with van der Waals surface area (Å²) in [5.74, 6) is 1.13. The van der Waals surface area contributed by atoms with Gasteiger partial charge in [0.1, 0.15) is 0 Å². The van der Waals surface area contributed by atoms with Crippen molar-refractivity contribution in [1.29, 1.82) is 0 Å². The maximum Gasteiger partial charge on any atom is 0.226 e. The molecule has 0 unspecified atom stereocenters.